The average molecular weight is 421 g/mol. The van der Waals surface area contributed by atoms with E-state index in [0.717, 1.165) is 27.8 Å². The van der Waals surface area contributed by atoms with Crippen LogP contribution in [0.3, 0.4) is 0 Å². The SMILES string of the molecule is Cc1cc(Cl)cc(CC2Cc3cc(OCc4ccc(C(=O)O)cc4)ccc3C2=O)c1. The molecule has 3 aromatic rings. The van der Waals surface area contributed by atoms with Gasteiger partial charge >= 0.3 is 5.97 Å². The van der Waals surface area contributed by atoms with E-state index in [4.69, 9.17) is 21.4 Å². The van der Waals surface area contributed by atoms with E-state index in [1.54, 1.807) is 24.3 Å². The molecule has 1 atom stereocenters. The molecule has 0 saturated heterocycles. The lowest BCUT2D eigenvalue weighted by atomic mass is 9.95. The van der Waals surface area contributed by atoms with Crippen LogP contribution in [0.1, 0.15) is 43.0 Å². The van der Waals surface area contributed by atoms with Crippen LogP contribution in [0.15, 0.2) is 60.7 Å². The lowest BCUT2D eigenvalue weighted by Crippen LogP contribution is -2.12. The van der Waals surface area contributed by atoms with E-state index in [9.17, 15) is 9.59 Å². The second kappa shape index (κ2) is 8.33. The number of carboxylic acid groups (broad SMARTS) is 1. The summed E-state index contributed by atoms with van der Waals surface area (Å²) < 4.78 is 5.86. The monoisotopic (exact) mass is 420 g/mol. The van der Waals surface area contributed by atoms with Gasteiger partial charge in [0.05, 0.1) is 5.56 Å². The number of fused-ring (bicyclic) bond motifs is 1. The van der Waals surface area contributed by atoms with E-state index in [1.165, 1.54) is 0 Å². The molecule has 3 aromatic carbocycles. The second-order valence-electron chi connectivity index (χ2n) is 7.72. The highest BCUT2D eigenvalue weighted by Crippen LogP contribution is 2.32. The van der Waals surface area contributed by atoms with Gasteiger partial charge in [0.2, 0.25) is 0 Å². The van der Waals surface area contributed by atoms with Crippen molar-refractivity contribution in [3.8, 4) is 5.75 Å². The number of hydrogen-bond acceptors (Lipinski definition) is 3. The molecule has 0 aliphatic heterocycles. The maximum atomic E-state index is 12.8. The predicted molar refractivity (Wildman–Crippen MR) is 116 cm³/mol. The summed E-state index contributed by atoms with van der Waals surface area (Å²) >= 11 is 6.16. The summed E-state index contributed by atoms with van der Waals surface area (Å²) in [5.74, 6) is -0.175. The van der Waals surface area contributed by atoms with Gasteiger partial charge in [0.25, 0.3) is 0 Å². The molecule has 4 rings (SSSR count). The van der Waals surface area contributed by atoms with E-state index < -0.39 is 5.97 Å². The number of hydrogen-bond donors (Lipinski definition) is 1. The lowest BCUT2D eigenvalue weighted by molar-refractivity contribution is 0.0696. The number of aryl methyl sites for hydroxylation is 1. The van der Waals surface area contributed by atoms with Crippen molar-refractivity contribution in [2.24, 2.45) is 5.92 Å². The third-order valence-electron chi connectivity index (χ3n) is 5.37. The summed E-state index contributed by atoms with van der Waals surface area (Å²) in [6.45, 7) is 2.33. The molecule has 1 N–H and O–H groups in total. The van der Waals surface area contributed by atoms with Crippen molar-refractivity contribution < 1.29 is 19.4 Å². The summed E-state index contributed by atoms with van der Waals surface area (Å²) in [6, 6.07) is 18.1. The van der Waals surface area contributed by atoms with Crippen LogP contribution in [-0.4, -0.2) is 16.9 Å². The van der Waals surface area contributed by atoms with Gasteiger partial charge < -0.3 is 9.84 Å². The van der Waals surface area contributed by atoms with Gasteiger partial charge in [0, 0.05) is 16.5 Å². The minimum Gasteiger partial charge on any atom is -0.489 e. The van der Waals surface area contributed by atoms with Gasteiger partial charge in [-0.05, 0) is 84.5 Å². The first-order valence-electron chi connectivity index (χ1n) is 9.77. The Balaban J connectivity index is 1.43. The Labute approximate surface area is 180 Å². The van der Waals surface area contributed by atoms with Gasteiger partial charge in [0.1, 0.15) is 12.4 Å². The summed E-state index contributed by atoms with van der Waals surface area (Å²) in [7, 11) is 0. The second-order valence-corrected chi connectivity index (χ2v) is 8.15. The normalized spacial score (nSPS) is 15.1. The highest BCUT2D eigenvalue weighted by atomic mass is 35.5. The molecule has 1 aliphatic rings. The minimum absolute atomic E-state index is 0.0864. The highest BCUT2D eigenvalue weighted by Gasteiger charge is 2.30. The standard InChI is InChI=1S/C25H21ClO4/c1-15-8-17(11-21(26)9-15)10-20-12-19-13-22(6-7-23(19)24(20)27)30-14-16-2-4-18(5-3-16)25(28)29/h2-9,11,13,20H,10,12,14H2,1H3,(H,28,29). The number of ether oxygens (including phenoxy) is 1. The summed E-state index contributed by atoms with van der Waals surface area (Å²) in [5, 5.41) is 9.67. The van der Waals surface area contributed by atoms with E-state index >= 15 is 0 Å². The predicted octanol–water partition coefficient (Wildman–Crippen LogP) is 5.52. The molecule has 152 valence electrons. The average Bonchev–Trinajstić information content (AvgIpc) is 3.00. The Hall–Kier alpha value is -3.11. The van der Waals surface area contributed by atoms with Crippen LogP contribution in [-0.2, 0) is 19.4 Å². The van der Waals surface area contributed by atoms with Crippen LogP contribution in [0.2, 0.25) is 5.02 Å². The molecule has 0 aromatic heterocycles. The molecule has 1 aliphatic carbocycles. The fourth-order valence-corrected chi connectivity index (χ4v) is 4.25. The maximum absolute atomic E-state index is 12.8. The third-order valence-corrected chi connectivity index (χ3v) is 5.59. The number of rotatable bonds is 6. The van der Waals surface area contributed by atoms with E-state index in [-0.39, 0.29) is 17.3 Å². The van der Waals surface area contributed by atoms with Crippen LogP contribution >= 0.6 is 11.6 Å². The third kappa shape index (κ3) is 4.39. The lowest BCUT2D eigenvalue weighted by Gasteiger charge is -2.09. The number of halogens is 1. The van der Waals surface area contributed by atoms with Gasteiger partial charge in [-0.3, -0.25) is 4.79 Å². The smallest absolute Gasteiger partial charge is 0.335 e. The number of carboxylic acids is 1. The maximum Gasteiger partial charge on any atom is 0.335 e. The van der Waals surface area contributed by atoms with E-state index in [1.807, 2.05) is 37.3 Å². The Morgan fingerprint density at radius 3 is 2.53 bits per heavy atom. The molecule has 0 radical (unpaired) electrons. The fourth-order valence-electron chi connectivity index (χ4n) is 3.94. The molecule has 0 amide bonds. The summed E-state index contributed by atoms with van der Waals surface area (Å²) in [6.07, 6.45) is 1.35. The van der Waals surface area contributed by atoms with Crippen LogP contribution in [0.5, 0.6) is 5.75 Å². The zero-order valence-electron chi connectivity index (χ0n) is 16.5. The summed E-state index contributed by atoms with van der Waals surface area (Å²) in [5.41, 5.74) is 5.06. The number of Topliss-reactive ketones (excluding diaryl/α,β-unsaturated/α-hetero) is 1. The van der Waals surface area contributed by atoms with Crippen LogP contribution in [0.4, 0.5) is 0 Å². The van der Waals surface area contributed by atoms with Crippen molar-refractivity contribution in [2.75, 3.05) is 0 Å². The Morgan fingerprint density at radius 1 is 1.07 bits per heavy atom. The zero-order chi connectivity index (χ0) is 21.3. The van der Waals surface area contributed by atoms with Crippen LogP contribution in [0, 0.1) is 12.8 Å². The Morgan fingerprint density at radius 2 is 1.83 bits per heavy atom. The molecule has 1 unspecified atom stereocenters. The zero-order valence-corrected chi connectivity index (χ0v) is 17.3. The van der Waals surface area contributed by atoms with E-state index in [0.29, 0.717) is 30.2 Å². The minimum atomic E-state index is -0.951. The molecular weight excluding hydrogens is 400 g/mol. The number of ketones is 1. The van der Waals surface area contributed by atoms with Gasteiger partial charge in [-0.1, -0.05) is 29.8 Å². The van der Waals surface area contributed by atoms with Gasteiger partial charge in [-0.2, -0.15) is 0 Å². The van der Waals surface area contributed by atoms with Gasteiger partial charge in [-0.25, -0.2) is 4.79 Å². The van der Waals surface area contributed by atoms with E-state index in [2.05, 4.69) is 6.07 Å². The van der Waals surface area contributed by atoms with Crippen molar-refractivity contribution in [1.82, 2.24) is 0 Å². The number of carbonyl (C=O) groups excluding carboxylic acids is 1. The Kier molecular flexibility index (Phi) is 5.60. The van der Waals surface area contributed by atoms with Crippen molar-refractivity contribution in [2.45, 2.75) is 26.4 Å². The van der Waals surface area contributed by atoms with Crippen molar-refractivity contribution >= 4 is 23.4 Å². The van der Waals surface area contributed by atoms with Crippen molar-refractivity contribution in [1.29, 1.82) is 0 Å². The summed E-state index contributed by atoms with van der Waals surface area (Å²) in [4.78, 5) is 23.8. The topological polar surface area (TPSA) is 63.6 Å². The molecule has 0 spiro atoms. The van der Waals surface area contributed by atoms with Crippen LogP contribution < -0.4 is 4.74 Å². The fraction of sp³-hybridized carbons (Fsp3) is 0.200. The number of benzene rings is 3. The molecule has 0 bridgehead atoms. The van der Waals surface area contributed by atoms with Gasteiger partial charge in [0.15, 0.2) is 5.78 Å². The first-order valence-corrected chi connectivity index (χ1v) is 10.1. The molecule has 0 fully saturated rings. The first kappa shape index (κ1) is 20.2. The molecule has 0 saturated carbocycles. The first-order chi connectivity index (χ1) is 14.4. The quantitative estimate of drug-likeness (QED) is 0.570. The molecule has 5 heteroatoms. The molecule has 4 nitrogen and oxygen atoms in total. The number of aromatic carboxylic acids is 1. The largest absolute Gasteiger partial charge is 0.489 e. The number of carbonyl (C=O) groups is 2. The highest BCUT2D eigenvalue weighted by molar-refractivity contribution is 6.30. The molecule has 0 heterocycles. The van der Waals surface area contributed by atoms with Gasteiger partial charge in [-0.15, -0.1) is 0 Å². The van der Waals surface area contributed by atoms with Crippen molar-refractivity contribution in [3.63, 3.8) is 0 Å². The molecular formula is C25H21ClO4. The molecule has 30 heavy (non-hydrogen) atoms. The van der Waals surface area contributed by atoms with Crippen molar-refractivity contribution in [3.05, 3.63) is 99.1 Å². The van der Waals surface area contributed by atoms with Crippen LogP contribution in [0.25, 0.3) is 0 Å². The Bertz CT molecular complexity index is 1100.